The number of rotatable bonds is 3. The Kier molecular flexibility index (Phi) is 3.84. The lowest BCUT2D eigenvalue weighted by Crippen LogP contribution is -2.27. The monoisotopic (exact) mass is 245 g/mol. The van der Waals surface area contributed by atoms with E-state index in [9.17, 15) is 14.0 Å². The molecule has 6 heteroatoms. The van der Waals surface area contributed by atoms with Crippen LogP contribution in [0, 0.1) is 11.7 Å². The van der Waals surface area contributed by atoms with E-state index in [1.807, 2.05) is 0 Å². The number of amides is 1. The van der Waals surface area contributed by atoms with Gasteiger partial charge in [0.15, 0.2) is 0 Å². The first-order valence-electron chi connectivity index (χ1n) is 4.40. The first-order chi connectivity index (χ1) is 7.41. The van der Waals surface area contributed by atoms with Gasteiger partial charge in [-0.15, -0.1) is 0 Å². The fourth-order valence-corrected chi connectivity index (χ4v) is 1.11. The van der Waals surface area contributed by atoms with Gasteiger partial charge < -0.3 is 10.4 Å². The van der Waals surface area contributed by atoms with Gasteiger partial charge in [-0.1, -0.05) is 11.6 Å². The highest BCUT2D eigenvalue weighted by Crippen LogP contribution is 2.22. The number of benzene rings is 1. The summed E-state index contributed by atoms with van der Waals surface area (Å²) in [6.45, 7) is 1.23. The standard InChI is InChI=1S/C10H9ClFNO3/c1-5(10(15)16)9(14)13-8-4-6(12)2-3-7(8)11/h2-5H,1H3,(H,13,14)(H,15,16). The molecule has 86 valence electrons. The predicted molar refractivity (Wildman–Crippen MR) is 56.8 cm³/mol. The molecule has 0 aliphatic rings. The first-order valence-corrected chi connectivity index (χ1v) is 4.78. The van der Waals surface area contributed by atoms with Crippen LogP contribution in [0.5, 0.6) is 0 Å². The average Bonchev–Trinajstić information content (AvgIpc) is 2.22. The van der Waals surface area contributed by atoms with E-state index in [0.29, 0.717) is 0 Å². The van der Waals surface area contributed by atoms with Crippen LogP contribution in [-0.4, -0.2) is 17.0 Å². The van der Waals surface area contributed by atoms with E-state index in [-0.39, 0.29) is 10.7 Å². The van der Waals surface area contributed by atoms with Gasteiger partial charge in [0.1, 0.15) is 11.7 Å². The third kappa shape index (κ3) is 2.93. The maximum absolute atomic E-state index is 12.8. The molecule has 0 aliphatic carbocycles. The zero-order valence-corrected chi connectivity index (χ0v) is 9.08. The van der Waals surface area contributed by atoms with Gasteiger partial charge in [-0.2, -0.15) is 0 Å². The molecule has 0 aliphatic heterocycles. The highest BCUT2D eigenvalue weighted by Gasteiger charge is 2.21. The van der Waals surface area contributed by atoms with E-state index in [2.05, 4.69) is 5.32 Å². The van der Waals surface area contributed by atoms with Gasteiger partial charge in [0.05, 0.1) is 10.7 Å². The van der Waals surface area contributed by atoms with Crippen LogP contribution in [0.4, 0.5) is 10.1 Å². The summed E-state index contributed by atoms with van der Waals surface area (Å²) in [6, 6.07) is 3.44. The number of carboxylic acids is 1. The van der Waals surface area contributed by atoms with Crippen molar-refractivity contribution in [2.24, 2.45) is 5.92 Å². The Morgan fingerprint density at radius 1 is 1.50 bits per heavy atom. The van der Waals surface area contributed by atoms with Gasteiger partial charge in [-0.05, 0) is 25.1 Å². The third-order valence-electron chi connectivity index (χ3n) is 1.95. The summed E-state index contributed by atoms with van der Waals surface area (Å²) in [5.41, 5.74) is 0.0553. The van der Waals surface area contributed by atoms with Gasteiger partial charge >= 0.3 is 5.97 Å². The Balaban J connectivity index is 2.84. The number of carbonyl (C=O) groups is 2. The van der Waals surface area contributed by atoms with Crippen molar-refractivity contribution in [3.05, 3.63) is 29.0 Å². The fraction of sp³-hybridized carbons (Fsp3) is 0.200. The molecule has 1 atom stereocenters. The lowest BCUT2D eigenvalue weighted by molar-refractivity contribution is -0.144. The molecule has 1 unspecified atom stereocenters. The average molecular weight is 246 g/mol. The Bertz CT molecular complexity index is 436. The molecule has 0 saturated heterocycles. The Morgan fingerprint density at radius 3 is 2.69 bits per heavy atom. The predicted octanol–water partition coefficient (Wildman–Crippen LogP) is 2.14. The fourth-order valence-electron chi connectivity index (χ4n) is 0.946. The number of halogens is 2. The van der Waals surface area contributed by atoms with Crippen molar-refractivity contribution in [2.75, 3.05) is 5.32 Å². The van der Waals surface area contributed by atoms with Crippen molar-refractivity contribution in [2.45, 2.75) is 6.92 Å². The Hall–Kier alpha value is -1.62. The van der Waals surface area contributed by atoms with Crippen molar-refractivity contribution < 1.29 is 19.1 Å². The van der Waals surface area contributed by atoms with Gasteiger partial charge in [0.2, 0.25) is 5.91 Å². The number of carbonyl (C=O) groups excluding carboxylic acids is 1. The second-order valence-electron chi connectivity index (χ2n) is 3.17. The van der Waals surface area contributed by atoms with Crippen LogP contribution < -0.4 is 5.32 Å². The van der Waals surface area contributed by atoms with Gasteiger partial charge in [-0.25, -0.2) is 4.39 Å². The van der Waals surface area contributed by atoms with E-state index in [1.165, 1.54) is 13.0 Å². The first kappa shape index (κ1) is 12.4. The number of hydrogen-bond acceptors (Lipinski definition) is 2. The molecule has 1 rings (SSSR count). The van der Waals surface area contributed by atoms with E-state index >= 15 is 0 Å². The topological polar surface area (TPSA) is 66.4 Å². The molecule has 1 amide bonds. The summed E-state index contributed by atoms with van der Waals surface area (Å²) in [6.07, 6.45) is 0. The Morgan fingerprint density at radius 2 is 2.12 bits per heavy atom. The van der Waals surface area contributed by atoms with Crippen molar-refractivity contribution in [1.82, 2.24) is 0 Å². The molecule has 0 fully saturated rings. The zero-order valence-electron chi connectivity index (χ0n) is 8.33. The summed E-state index contributed by atoms with van der Waals surface area (Å²) < 4.78 is 12.8. The summed E-state index contributed by atoms with van der Waals surface area (Å²) in [7, 11) is 0. The highest BCUT2D eigenvalue weighted by atomic mass is 35.5. The summed E-state index contributed by atoms with van der Waals surface area (Å²) in [5, 5.41) is 11.0. The lowest BCUT2D eigenvalue weighted by atomic mass is 10.1. The molecule has 1 aromatic rings. The van der Waals surface area contributed by atoms with Crippen molar-refractivity contribution in [1.29, 1.82) is 0 Å². The second-order valence-corrected chi connectivity index (χ2v) is 3.58. The van der Waals surface area contributed by atoms with Crippen LogP contribution >= 0.6 is 11.6 Å². The SMILES string of the molecule is CC(C(=O)O)C(=O)Nc1cc(F)ccc1Cl. The van der Waals surface area contributed by atoms with E-state index in [1.54, 1.807) is 0 Å². The quantitative estimate of drug-likeness (QED) is 0.802. The van der Waals surface area contributed by atoms with E-state index in [4.69, 9.17) is 16.7 Å². The number of aliphatic carboxylic acids is 1. The van der Waals surface area contributed by atoms with Crippen LogP contribution in [0.25, 0.3) is 0 Å². The normalized spacial score (nSPS) is 11.9. The van der Waals surface area contributed by atoms with E-state index in [0.717, 1.165) is 12.1 Å². The van der Waals surface area contributed by atoms with Gasteiger partial charge in [0.25, 0.3) is 0 Å². The molecule has 0 heterocycles. The zero-order chi connectivity index (χ0) is 12.3. The summed E-state index contributed by atoms with van der Waals surface area (Å²) in [4.78, 5) is 21.9. The Labute approximate surface area is 96.0 Å². The van der Waals surface area contributed by atoms with E-state index < -0.39 is 23.6 Å². The molecular formula is C10H9ClFNO3. The summed E-state index contributed by atoms with van der Waals surface area (Å²) in [5.74, 6) is -3.80. The molecular weight excluding hydrogens is 237 g/mol. The number of carboxylic acid groups (broad SMARTS) is 1. The van der Waals surface area contributed by atoms with Crippen molar-refractivity contribution >= 4 is 29.2 Å². The maximum atomic E-state index is 12.8. The molecule has 4 nitrogen and oxygen atoms in total. The lowest BCUT2D eigenvalue weighted by Gasteiger charge is -2.09. The molecule has 2 N–H and O–H groups in total. The number of anilines is 1. The molecule has 0 spiro atoms. The maximum Gasteiger partial charge on any atom is 0.315 e. The molecule has 16 heavy (non-hydrogen) atoms. The minimum absolute atomic E-state index is 0.0553. The molecule has 0 radical (unpaired) electrons. The number of nitrogens with one attached hydrogen (secondary N) is 1. The van der Waals surface area contributed by atoms with Crippen molar-refractivity contribution in [3.63, 3.8) is 0 Å². The second kappa shape index (κ2) is 4.94. The van der Waals surface area contributed by atoms with Crippen LogP contribution in [-0.2, 0) is 9.59 Å². The third-order valence-corrected chi connectivity index (χ3v) is 2.28. The van der Waals surface area contributed by atoms with Gasteiger partial charge in [0, 0.05) is 0 Å². The van der Waals surface area contributed by atoms with Crippen LogP contribution in [0.1, 0.15) is 6.92 Å². The molecule has 1 aromatic carbocycles. The molecule has 0 aromatic heterocycles. The van der Waals surface area contributed by atoms with Crippen LogP contribution in [0.2, 0.25) is 5.02 Å². The highest BCUT2D eigenvalue weighted by molar-refractivity contribution is 6.33. The van der Waals surface area contributed by atoms with Crippen LogP contribution in [0.3, 0.4) is 0 Å². The van der Waals surface area contributed by atoms with Gasteiger partial charge in [-0.3, -0.25) is 9.59 Å². The minimum atomic E-state index is -1.26. The van der Waals surface area contributed by atoms with Crippen LogP contribution in [0.15, 0.2) is 18.2 Å². The number of hydrogen-bond donors (Lipinski definition) is 2. The molecule has 0 saturated carbocycles. The smallest absolute Gasteiger partial charge is 0.315 e. The minimum Gasteiger partial charge on any atom is -0.481 e. The largest absolute Gasteiger partial charge is 0.481 e. The summed E-state index contributed by atoms with van der Waals surface area (Å²) >= 11 is 5.70. The van der Waals surface area contributed by atoms with Crippen molar-refractivity contribution in [3.8, 4) is 0 Å². The molecule has 0 bridgehead atoms.